The van der Waals surface area contributed by atoms with E-state index in [9.17, 15) is 27.6 Å². The summed E-state index contributed by atoms with van der Waals surface area (Å²) in [5.74, 6) is -2.44. The molecule has 16 heteroatoms. The number of allylic oxidation sites excluding steroid dienone is 1. The summed E-state index contributed by atoms with van der Waals surface area (Å²) in [6.45, 7) is 5.17. The molecule has 5 rings (SSSR count). The number of aromatic nitrogens is 2. The van der Waals surface area contributed by atoms with Gasteiger partial charge in [-0.15, -0.1) is 0 Å². The Morgan fingerprint density at radius 1 is 1.12 bits per heavy atom. The maximum atomic E-state index is 14.2. The fourth-order valence-electron chi connectivity index (χ4n) is 6.06. The Bertz CT molecular complexity index is 1650. The highest BCUT2D eigenvalue weighted by Gasteiger charge is 2.61. The lowest BCUT2D eigenvalue weighted by atomic mass is 10.0. The van der Waals surface area contributed by atoms with E-state index in [-0.39, 0.29) is 25.4 Å². The van der Waals surface area contributed by atoms with E-state index >= 15 is 0 Å². The molecule has 0 spiro atoms. The van der Waals surface area contributed by atoms with Crippen molar-refractivity contribution in [3.8, 4) is 6.01 Å². The van der Waals surface area contributed by atoms with Gasteiger partial charge in [0.25, 0.3) is 11.9 Å². The van der Waals surface area contributed by atoms with Crippen molar-refractivity contribution >= 4 is 45.1 Å². The van der Waals surface area contributed by atoms with Crippen molar-refractivity contribution < 1.29 is 37.1 Å². The summed E-state index contributed by atoms with van der Waals surface area (Å²) in [5, 5.41) is 5.53. The minimum absolute atomic E-state index is 0.00198. The smallest absolute Gasteiger partial charge is 0.408 e. The fourth-order valence-corrected chi connectivity index (χ4v) is 6.66. The summed E-state index contributed by atoms with van der Waals surface area (Å²) < 4.78 is 39.7. The highest BCUT2D eigenvalue weighted by atomic mass is 32.2. The average molecular weight is 688 g/mol. The molecule has 4 N–H and O–H groups in total. The Balaban J connectivity index is 1.45. The van der Waals surface area contributed by atoms with E-state index in [1.807, 2.05) is 36.4 Å². The number of benzene rings is 1. The van der Waals surface area contributed by atoms with Gasteiger partial charge in [-0.3, -0.25) is 14.4 Å². The summed E-state index contributed by atoms with van der Waals surface area (Å²) in [6, 6.07) is 5.50. The van der Waals surface area contributed by atoms with E-state index in [0.29, 0.717) is 24.8 Å². The lowest BCUT2D eigenvalue weighted by Crippen LogP contribution is -2.58. The SMILES string of the molecule is CN(C)S(=O)(=O)NC(=O)[C@@]12C[C@H]1C=CCCCCC[C@H](NC(=O)OC(C)(C)C)C(=O)N1C[C@H](Oc3nc4ccccc4[nH]3)C[C@H]1C(=O)N2. The van der Waals surface area contributed by atoms with Gasteiger partial charge in [0.1, 0.15) is 29.3 Å². The standard InChI is InChI=1S/C32H45N7O8S/c1-31(2,3)47-30(43)35-24-16-10-8-6-7-9-13-20-18-32(20,28(42)37-48(44,45)38(4)5)36-26(40)25-17-21(19-39(25)27(24)41)46-29-33-22-14-11-12-15-23(22)34-29/h9,11-15,20-21,24-25H,6-8,10,16-19H2,1-5H3,(H,33,34)(H,35,43)(H,36,40)(H,37,42)/t20-,21-,24+,25+,32-/m1/s1. The Hall–Kier alpha value is -4.18. The van der Waals surface area contributed by atoms with Crippen molar-refractivity contribution in [3.63, 3.8) is 0 Å². The maximum Gasteiger partial charge on any atom is 0.408 e. The summed E-state index contributed by atoms with van der Waals surface area (Å²) in [6.07, 6.45) is 5.76. The number of H-pyrrole nitrogens is 1. The van der Waals surface area contributed by atoms with Crippen LogP contribution in [0.2, 0.25) is 0 Å². The monoisotopic (exact) mass is 687 g/mol. The molecule has 262 valence electrons. The average Bonchev–Trinajstić information content (AvgIpc) is 3.30. The van der Waals surface area contributed by atoms with Crippen molar-refractivity contribution in [1.29, 1.82) is 0 Å². The van der Waals surface area contributed by atoms with Crippen molar-refractivity contribution in [3.05, 3.63) is 36.4 Å². The molecular formula is C32H45N7O8S. The first-order valence-corrected chi connectivity index (χ1v) is 17.7. The van der Waals surface area contributed by atoms with E-state index in [2.05, 4.69) is 25.3 Å². The summed E-state index contributed by atoms with van der Waals surface area (Å²) >= 11 is 0. The number of fused-ring (bicyclic) bond motifs is 3. The maximum absolute atomic E-state index is 14.2. The van der Waals surface area contributed by atoms with Crippen molar-refractivity contribution in [2.75, 3.05) is 20.6 Å². The van der Waals surface area contributed by atoms with Gasteiger partial charge < -0.3 is 30.0 Å². The van der Waals surface area contributed by atoms with E-state index in [1.165, 1.54) is 19.0 Å². The first-order chi connectivity index (χ1) is 22.6. The topological polar surface area (TPSA) is 192 Å². The second-order valence-corrected chi connectivity index (χ2v) is 15.7. The zero-order valence-electron chi connectivity index (χ0n) is 27.9. The number of carbonyl (C=O) groups excluding carboxylic acids is 4. The number of aromatic amines is 1. The third-order valence-electron chi connectivity index (χ3n) is 8.68. The molecule has 0 bridgehead atoms. The van der Waals surface area contributed by atoms with Gasteiger partial charge in [-0.05, 0) is 58.6 Å². The number of para-hydroxylation sites is 2. The van der Waals surface area contributed by atoms with E-state index in [1.54, 1.807) is 20.8 Å². The van der Waals surface area contributed by atoms with Gasteiger partial charge in [-0.25, -0.2) is 9.52 Å². The molecule has 1 aromatic heterocycles. The summed E-state index contributed by atoms with van der Waals surface area (Å²) in [5.41, 5.74) is -0.887. The minimum Gasteiger partial charge on any atom is -0.459 e. The molecule has 2 aliphatic heterocycles. The Morgan fingerprint density at radius 3 is 2.58 bits per heavy atom. The largest absolute Gasteiger partial charge is 0.459 e. The number of rotatable bonds is 6. The number of carbonyl (C=O) groups is 4. The lowest BCUT2D eigenvalue weighted by molar-refractivity contribution is -0.141. The van der Waals surface area contributed by atoms with Gasteiger partial charge in [0.05, 0.1) is 17.6 Å². The second-order valence-electron chi connectivity index (χ2n) is 13.8. The van der Waals surface area contributed by atoms with Crippen LogP contribution in [-0.4, -0.2) is 101 Å². The zero-order chi connectivity index (χ0) is 34.9. The van der Waals surface area contributed by atoms with Gasteiger partial charge in [0.15, 0.2) is 0 Å². The third kappa shape index (κ3) is 8.09. The minimum atomic E-state index is -4.14. The molecule has 1 aliphatic carbocycles. The van der Waals surface area contributed by atoms with Crippen LogP contribution in [0.4, 0.5) is 4.79 Å². The Labute approximate surface area is 280 Å². The van der Waals surface area contributed by atoms with Crippen LogP contribution >= 0.6 is 0 Å². The van der Waals surface area contributed by atoms with Gasteiger partial charge in [0.2, 0.25) is 11.8 Å². The molecule has 1 saturated carbocycles. The molecular weight excluding hydrogens is 642 g/mol. The predicted molar refractivity (Wildman–Crippen MR) is 176 cm³/mol. The first kappa shape index (κ1) is 35.1. The highest BCUT2D eigenvalue weighted by molar-refractivity contribution is 7.87. The van der Waals surface area contributed by atoms with Crippen molar-refractivity contribution in [2.24, 2.45) is 5.92 Å². The number of amides is 4. The van der Waals surface area contributed by atoms with Crippen LogP contribution in [0.25, 0.3) is 11.0 Å². The molecule has 48 heavy (non-hydrogen) atoms. The van der Waals surface area contributed by atoms with Gasteiger partial charge in [0, 0.05) is 26.4 Å². The quantitative estimate of drug-likeness (QED) is 0.330. The summed E-state index contributed by atoms with van der Waals surface area (Å²) in [4.78, 5) is 63.6. The number of imidazole rings is 1. The zero-order valence-corrected chi connectivity index (χ0v) is 28.8. The van der Waals surface area contributed by atoms with Crippen molar-refractivity contribution in [1.82, 2.24) is 34.5 Å². The second kappa shape index (κ2) is 13.7. The van der Waals surface area contributed by atoms with E-state index < -0.39 is 69.3 Å². The van der Waals surface area contributed by atoms with Crippen LogP contribution in [0.5, 0.6) is 6.01 Å². The van der Waals surface area contributed by atoms with Gasteiger partial charge in [-0.2, -0.15) is 17.7 Å². The number of nitrogens with one attached hydrogen (secondary N) is 4. The fraction of sp³-hybridized carbons (Fsp3) is 0.594. The Morgan fingerprint density at radius 2 is 1.88 bits per heavy atom. The number of alkyl carbamates (subject to hydrolysis) is 1. The molecule has 0 unspecified atom stereocenters. The van der Waals surface area contributed by atoms with Crippen LogP contribution in [0.1, 0.15) is 65.7 Å². The summed E-state index contributed by atoms with van der Waals surface area (Å²) in [7, 11) is -1.56. The molecule has 5 atom stereocenters. The van der Waals surface area contributed by atoms with Crippen LogP contribution < -0.4 is 20.1 Å². The van der Waals surface area contributed by atoms with Crippen LogP contribution in [0.3, 0.4) is 0 Å². The van der Waals surface area contributed by atoms with Crippen LogP contribution in [0.15, 0.2) is 36.4 Å². The number of ether oxygens (including phenoxy) is 2. The van der Waals surface area contributed by atoms with Gasteiger partial charge >= 0.3 is 16.3 Å². The molecule has 2 fully saturated rings. The molecule has 15 nitrogen and oxygen atoms in total. The van der Waals surface area contributed by atoms with Crippen LogP contribution in [-0.2, 0) is 29.3 Å². The predicted octanol–water partition coefficient (Wildman–Crippen LogP) is 2.12. The molecule has 1 aromatic carbocycles. The van der Waals surface area contributed by atoms with Crippen LogP contribution in [0, 0.1) is 5.92 Å². The van der Waals surface area contributed by atoms with Crippen molar-refractivity contribution in [2.45, 2.75) is 95.0 Å². The van der Waals surface area contributed by atoms with E-state index in [0.717, 1.165) is 22.7 Å². The first-order valence-electron chi connectivity index (χ1n) is 16.2. The molecule has 2 aromatic rings. The molecule has 3 aliphatic rings. The van der Waals surface area contributed by atoms with E-state index in [4.69, 9.17) is 9.47 Å². The Kier molecular flexibility index (Phi) is 10.1. The number of hydrogen-bond donors (Lipinski definition) is 4. The number of nitrogens with zero attached hydrogens (tertiary/aromatic N) is 3. The normalized spacial score (nSPS) is 26.9. The molecule has 3 heterocycles. The third-order valence-corrected chi connectivity index (χ3v) is 10.1. The lowest BCUT2D eigenvalue weighted by Gasteiger charge is -2.30. The number of hydrogen-bond acceptors (Lipinski definition) is 9. The highest BCUT2D eigenvalue weighted by Crippen LogP contribution is 2.45. The molecule has 1 saturated heterocycles. The molecule has 0 radical (unpaired) electrons. The molecule has 4 amide bonds. The van der Waals surface area contributed by atoms with Gasteiger partial charge in [-0.1, -0.05) is 37.1 Å².